The Kier molecular flexibility index (Phi) is 6.04. The van der Waals surface area contributed by atoms with Crippen molar-refractivity contribution in [2.75, 3.05) is 0 Å². The fourth-order valence-corrected chi connectivity index (χ4v) is 3.73. The van der Waals surface area contributed by atoms with Crippen LogP contribution >= 0.6 is 0 Å². The van der Waals surface area contributed by atoms with Gasteiger partial charge in [-0.2, -0.15) is 4.98 Å². The van der Waals surface area contributed by atoms with Crippen LogP contribution in [0.1, 0.15) is 37.8 Å². The van der Waals surface area contributed by atoms with E-state index in [1.165, 1.54) is 0 Å². The molecule has 0 atom stereocenters. The van der Waals surface area contributed by atoms with Gasteiger partial charge in [0.1, 0.15) is 5.75 Å². The van der Waals surface area contributed by atoms with E-state index < -0.39 is 5.97 Å². The number of hydrogen-bond acceptors (Lipinski definition) is 6. The van der Waals surface area contributed by atoms with Crippen molar-refractivity contribution < 1.29 is 19.2 Å². The van der Waals surface area contributed by atoms with Crippen LogP contribution in [0.5, 0.6) is 5.75 Å². The minimum Gasteiger partial charge on any atom is -0.491 e. The topological polar surface area (TPSA) is 97.5 Å². The van der Waals surface area contributed by atoms with Crippen LogP contribution in [0.25, 0.3) is 22.8 Å². The lowest BCUT2D eigenvalue weighted by Gasteiger charge is -2.33. The average molecular weight is 421 g/mol. The molecule has 4 rings (SSSR count). The number of nitrogens with one attached hydrogen (secondary N) is 1. The first-order valence-electron chi connectivity index (χ1n) is 10.6. The molecule has 1 aliphatic carbocycles. The monoisotopic (exact) mass is 421 g/mol. The van der Waals surface area contributed by atoms with Crippen LogP contribution in [0.4, 0.5) is 0 Å². The largest absolute Gasteiger partial charge is 0.491 e. The summed E-state index contributed by atoms with van der Waals surface area (Å²) in [6.07, 6.45) is 1.52. The van der Waals surface area contributed by atoms with E-state index >= 15 is 0 Å². The predicted octanol–water partition coefficient (Wildman–Crippen LogP) is 4.45. The van der Waals surface area contributed by atoms with E-state index in [2.05, 4.69) is 21.5 Å². The molecule has 1 saturated carbocycles. The molecule has 0 aliphatic heterocycles. The maximum absolute atomic E-state index is 10.9. The van der Waals surface area contributed by atoms with Crippen LogP contribution in [0, 0.1) is 12.8 Å². The van der Waals surface area contributed by atoms with E-state index in [9.17, 15) is 4.79 Å². The van der Waals surface area contributed by atoms with Crippen molar-refractivity contribution in [1.29, 1.82) is 0 Å². The van der Waals surface area contributed by atoms with E-state index in [1.54, 1.807) is 0 Å². The molecule has 2 N–H and O–H groups in total. The molecule has 0 radical (unpaired) electrons. The summed E-state index contributed by atoms with van der Waals surface area (Å²) in [5.41, 5.74) is 3.95. The maximum atomic E-state index is 10.9. The number of aliphatic carboxylic acids is 1. The van der Waals surface area contributed by atoms with Crippen molar-refractivity contribution in [2.24, 2.45) is 5.92 Å². The zero-order valence-corrected chi connectivity index (χ0v) is 18.0. The molecule has 3 aromatic rings. The highest BCUT2D eigenvalue weighted by molar-refractivity contribution is 5.71. The Morgan fingerprint density at radius 3 is 2.61 bits per heavy atom. The Balaban J connectivity index is 1.40. The number of carboxylic acids is 1. The summed E-state index contributed by atoms with van der Waals surface area (Å²) in [4.78, 5) is 15.5. The smallest absolute Gasteiger partial charge is 0.306 e. The molecule has 0 amide bonds. The van der Waals surface area contributed by atoms with Crippen molar-refractivity contribution in [3.8, 4) is 28.6 Å². The average Bonchev–Trinajstić information content (AvgIpc) is 3.16. The number of hydrogen-bond donors (Lipinski definition) is 2. The molecule has 0 saturated heterocycles. The summed E-state index contributed by atoms with van der Waals surface area (Å²) >= 11 is 0. The highest BCUT2D eigenvalue weighted by atomic mass is 16.5. The number of ether oxygens (including phenoxy) is 1. The number of aryl methyl sites for hydroxylation is 1. The Labute approximate surface area is 181 Å². The summed E-state index contributed by atoms with van der Waals surface area (Å²) in [5, 5.41) is 16.5. The molecule has 0 bridgehead atoms. The fraction of sp³-hybridized carbons (Fsp3) is 0.375. The first kappa shape index (κ1) is 21.1. The zero-order valence-electron chi connectivity index (χ0n) is 18.0. The van der Waals surface area contributed by atoms with Crippen molar-refractivity contribution in [1.82, 2.24) is 15.5 Å². The standard InChI is InChI=1S/C24H27N3O4/c1-14(2)30-20-7-5-17(6-8-20)22-26-23(31-27-22)21-9-4-16(10-15(21)3)13-25-19-11-18(12-19)24(28)29/h4-10,14,18-19,25H,11-13H2,1-3H3,(H,28,29). The van der Waals surface area contributed by atoms with Gasteiger partial charge >= 0.3 is 5.97 Å². The summed E-state index contributed by atoms with van der Waals surface area (Å²) in [5.74, 6) is 0.930. The first-order valence-corrected chi connectivity index (χ1v) is 10.6. The number of rotatable bonds is 8. The van der Waals surface area contributed by atoms with Gasteiger partial charge in [0.25, 0.3) is 5.89 Å². The zero-order chi connectivity index (χ0) is 22.0. The highest BCUT2D eigenvalue weighted by Crippen LogP contribution is 2.29. The lowest BCUT2D eigenvalue weighted by atomic mass is 9.80. The third kappa shape index (κ3) is 4.94. The van der Waals surface area contributed by atoms with Crippen LogP contribution in [0.3, 0.4) is 0 Å². The van der Waals surface area contributed by atoms with E-state index in [-0.39, 0.29) is 18.1 Å². The lowest BCUT2D eigenvalue weighted by Crippen LogP contribution is -2.43. The van der Waals surface area contributed by atoms with Gasteiger partial charge in [0.15, 0.2) is 0 Å². The van der Waals surface area contributed by atoms with Gasteiger partial charge in [0.05, 0.1) is 12.0 Å². The van der Waals surface area contributed by atoms with E-state index in [1.807, 2.05) is 57.2 Å². The van der Waals surface area contributed by atoms with Gasteiger partial charge in [-0.05, 0) is 75.1 Å². The van der Waals surface area contributed by atoms with Crippen molar-refractivity contribution in [3.63, 3.8) is 0 Å². The van der Waals surface area contributed by atoms with Gasteiger partial charge in [-0.15, -0.1) is 0 Å². The highest BCUT2D eigenvalue weighted by Gasteiger charge is 2.33. The van der Waals surface area contributed by atoms with Crippen LogP contribution in [-0.2, 0) is 11.3 Å². The third-order valence-electron chi connectivity index (χ3n) is 5.51. The molecular weight excluding hydrogens is 394 g/mol. The Hall–Kier alpha value is -3.19. The van der Waals surface area contributed by atoms with Gasteiger partial charge in [-0.1, -0.05) is 17.3 Å². The first-order chi connectivity index (χ1) is 14.9. The van der Waals surface area contributed by atoms with Crippen molar-refractivity contribution >= 4 is 5.97 Å². The Morgan fingerprint density at radius 1 is 1.23 bits per heavy atom. The summed E-state index contributed by atoms with van der Waals surface area (Å²) in [7, 11) is 0. The van der Waals surface area contributed by atoms with Crippen LogP contribution in [0.15, 0.2) is 47.0 Å². The van der Waals surface area contributed by atoms with Crippen LogP contribution in [-0.4, -0.2) is 33.4 Å². The fourth-order valence-electron chi connectivity index (χ4n) is 3.73. The van der Waals surface area contributed by atoms with Crippen LogP contribution < -0.4 is 10.1 Å². The quantitative estimate of drug-likeness (QED) is 0.554. The van der Waals surface area contributed by atoms with Crippen molar-refractivity contribution in [3.05, 3.63) is 53.6 Å². The third-order valence-corrected chi connectivity index (χ3v) is 5.51. The minimum absolute atomic E-state index is 0.124. The second-order valence-corrected chi connectivity index (χ2v) is 8.35. The molecule has 162 valence electrons. The summed E-state index contributed by atoms with van der Waals surface area (Å²) < 4.78 is 11.2. The molecule has 31 heavy (non-hydrogen) atoms. The molecule has 1 aliphatic rings. The normalized spacial score (nSPS) is 18.1. The Bertz CT molecular complexity index is 1050. The van der Waals surface area contributed by atoms with E-state index in [4.69, 9.17) is 14.4 Å². The lowest BCUT2D eigenvalue weighted by molar-refractivity contribution is -0.145. The number of benzene rings is 2. The molecule has 1 heterocycles. The van der Waals surface area contributed by atoms with Gasteiger partial charge in [0.2, 0.25) is 5.82 Å². The molecule has 0 unspecified atom stereocenters. The molecule has 0 spiro atoms. The SMILES string of the molecule is Cc1cc(CNC2CC(C(=O)O)C2)ccc1-c1nc(-c2ccc(OC(C)C)cc2)no1. The maximum Gasteiger partial charge on any atom is 0.306 e. The Morgan fingerprint density at radius 2 is 1.97 bits per heavy atom. The van der Waals surface area contributed by atoms with Crippen LogP contribution in [0.2, 0.25) is 0 Å². The number of aromatic nitrogens is 2. The summed E-state index contributed by atoms with van der Waals surface area (Å²) in [6.45, 7) is 6.71. The van der Waals surface area contributed by atoms with E-state index in [0.717, 1.165) is 28.0 Å². The van der Waals surface area contributed by atoms with Gasteiger partial charge in [-0.25, -0.2) is 0 Å². The predicted molar refractivity (Wildman–Crippen MR) is 117 cm³/mol. The molecular formula is C24H27N3O4. The molecule has 1 fully saturated rings. The second kappa shape index (κ2) is 8.89. The molecule has 7 heteroatoms. The van der Waals surface area contributed by atoms with Crippen molar-refractivity contribution in [2.45, 2.75) is 52.3 Å². The number of carboxylic acid groups (broad SMARTS) is 1. The molecule has 2 aromatic carbocycles. The number of carbonyl (C=O) groups is 1. The van der Waals surface area contributed by atoms with Gasteiger partial charge in [-0.3, -0.25) is 4.79 Å². The molecule has 7 nitrogen and oxygen atoms in total. The second-order valence-electron chi connectivity index (χ2n) is 8.35. The van der Waals surface area contributed by atoms with E-state index in [0.29, 0.717) is 31.1 Å². The minimum atomic E-state index is -0.697. The van der Waals surface area contributed by atoms with Gasteiger partial charge in [0, 0.05) is 23.7 Å². The summed E-state index contributed by atoms with van der Waals surface area (Å²) in [6, 6.07) is 14.0. The molecule has 1 aromatic heterocycles. The number of nitrogens with zero attached hydrogens (tertiary/aromatic N) is 2. The van der Waals surface area contributed by atoms with Gasteiger partial charge < -0.3 is 19.7 Å².